The van der Waals surface area contributed by atoms with Gasteiger partial charge in [-0.1, -0.05) is 12.8 Å². The molecule has 1 heteroatoms. The molecule has 11 heavy (non-hydrogen) atoms. The Bertz CT molecular complexity index is 145. The minimum absolute atomic E-state index is 0.0721. The van der Waals surface area contributed by atoms with E-state index < -0.39 is 0 Å². The summed E-state index contributed by atoms with van der Waals surface area (Å²) in [6.07, 6.45) is 11.5. The van der Waals surface area contributed by atoms with Gasteiger partial charge in [-0.25, -0.2) is 0 Å². The molecule has 0 radical (unpaired) electrons. The Morgan fingerprint density at radius 3 is 2.73 bits per heavy atom. The van der Waals surface area contributed by atoms with Gasteiger partial charge >= 0.3 is 0 Å². The van der Waals surface area contributed by atoms with Crippen LogP contribution in [-0.4, -0.2) is 11.2 Å². The van der Waals surface area contributed by atoms with Crippen LogP contribution in [0.3, 0.4) is 0 Å². The second-order valence-electron chi connectivity index (χ2n) is 3.35. The summed E-state index contributed by atoms with van der Waals surface area (Å²) in [6.45, 7) is 0. The summed E-state index contributed by atoms with van der Waals surface area (Å²) in [5, 5.41) is 9.53. The van der Waals surface area contributed by atoms with Crippen molar-refractivity contribution >= 4 is 0 Å². The van der Waals surface area contributed by atoms with Crippen molar-refractivity contribution in [1.29, 1.82) is 0 Å². The van der Waals surface area contributed by atoms with Gasteiger partial charge in [0.2, 0.25) is 0 Å². The third-order valence-electron chi connectivity index (χ3n) is 2.53. The topological polar surface area (TPSA) is 20.2 Å². The first kappa shape index (κ1) is 8.62. The summed E-state index contributed by atoms with van der Waals surface area (Å²) in [5.41, 5.74) is 0. The summed E-state index contributed by atoms with van der Waals surface area (Å²) in [7, 11) is 0. The molecule has 0 saturated heterocycles. The smallest absolute Gasteiger partial charge is 0.0568 e. The van der Waals surface area contributed by atoms with Crippen LogP contribution in [-0.2, 0) is 0 Å². The van der Waals surface area contributed by atoms with Gasteiger partial charge in [-0.2, -0.15) is 0 Å². The second kappa shape index (κ2) is 4.41. The lowest BCUT2D eigenvalue weighted by molar-refractivity contribution is 0.0662. The van der Waals surface area contributed by atoms with Crippen LogP contribution in [0.25, 0.3) is 0 Å². The summed E-state index contributed by atoms with van der Waals surface area (Å²) >= 11 is 0. The van der Waals surface area contributed by atoms with E-state index in [9.17, 15) is 5.11 Å². The van der Waals surface area contributed by atoms with Crippen LogP contribution in [0.5, 0.6) is 0 Å². The van der Waals surface area contributed by atoms with Crippen LogP contribution in [0.15, 0.2) is 0 Å². The molecule has 2 atom stereocenters. The molecule has 0 spiro atoms. The summed E-state index contributed by atoms with van der Waals surface area (Å²) in [4.78, 5) is 0. The molecule has 1 fully saturated rings. The van der Waals surface area contributed by atoms with Crippen LogP contribution in [0.1, 0.15) is 38.5 Å². The Morgan fingerprint density at radius 1 is 1.36 bits per heavy atom. The van der Waals surface area contributed by atoms with Gasteiger partial charge in [0.15, 0.2) is 0 Å². The molecule has 0 aromatic rings. The maximum atomic E-state index is 9.53. The monoisotopic (exact) mass is 152 g/mol. The Hall–Kier alpha value is -0.480. The third-order valence-corrected chi connectivity index (χ3v) is 2.53. The van der Waals surface area contributed by atoms with Crippen molar-refractivity contribution in [3.8, 4) is 12.3 Å². The van der Waals surface area contributed by atoms with Crippen molar-refractivity contribution in [1.82, 2.24) is 0 Å². The molecule has 0 aromatic heterocycles. The van der Waals surface area contributed by atoms with E-state index in [1.165, 1.54) is 19.3 Å². The molecule has 0 bridgehead atoms. The van der Waals surface area contributed by atoms with E-state index in [2.05, 4.69) is 5.92 Å². The maximum absolute atomic E-state index is 9.53. The highest BCUT2D eigenvalue weighted by molar-refractivity contribution is 4.86. The lowest BCUT2D eigenvalue weighted by Crippen LogP contribution is -2.24. The van der Waals surface area contributed by atoms with Crippen LogP contribution in [0.2, 0.25) is 0 Å². The molecule has 1 saturated carbocycles. The highest BCUT2D eigenvalue weighted by Crippen LogP contribution is 2.27. The van der Waals surface area contributed by atoms with Gasteiger partial charge in [-0.3, -0.25) is 0 Å². The average molecular weight is 152 g/mol. The Balaban J connectivity index is 2.25. The molecule has 0 aliphatic heterocycles. The van der Waals surface area contributed by atoms with Crippen molar-refractivity contribution in [3.63, 3.8) is 0 Å². The molecule has 0 heterocycles. The minimum Gasteiger partial charge on any atom is -0.393 e. The molecule has 1 aliphatic rings. The first-order valence-corrected chi connectivity index (χ1v) is 4.46. The van der Waals surface area contributed by atoms with E-state index in [1.807, 2.05) is 0 Å². The Morgan fingerprint density at radius 2 is 2.09 bits per heavy atom. The van der Waals surface area contributed by atoms with Crippen molar-refractivity contribution in [2.45, 2.75) is 44.6 Å². The number of hydrogen-bond donors (Lipinski definition) is 1. The van der Waals surface area contributed by atoms with Gasteiger partial charge in [0.05, 0.1) is 6.10 Å². The molecule has 1 aliphatic carbocycles. The fraction of sp³-hybridized carbons (Fsp3) is 0.800. The van der Waals surface area contributed by atoms with Crippen molar-refractivity contribution in [2.75, 3.05) is 0 Å². The molecule has 0 aromatic carbocycles. The summed E-state index contributed by atoms with van der Waals surface area (Å²) < 4.78 is 0. The lowest BCUT2D eigenvalue weighted by Gasteiger charge is -2.26. The average Bonchev–Trinajstić information content (AvgIpc) is 2.03. The first-order valence-electron chi connectivity index (χ1n) is 4.46. The Kier molecular flexibility index (Phi) is 3.45. The highest BCUT2D eigenvalue weighted by Gasteiger charge is 2.21. The number of aliphatic hydroxyl groups is 1. The van der Waals surface area contributed by atoms with Gasteiger partial charge in [0.1, 0.15) is 0 Å². The van der Waals surface area contributed by atoms with Crippen molar-refractivity contribution in [3.05, 3.63) is 0 Å². The van der Waals surface area contributed by atoms with Gasteiger partial charge in [-0.15, -0.1) is 12.3 Å². The van der Waals surface area contributed by atoms with Crippen LogP contribution in [0, 0.1) is 18.3 Å². The standard InChI is InChI=1S/C10H16O/c1-2-3-6-9-7-4-5-8-10(9)11/h1,9-11H,3-8H2/t9-,10+/m0/s1. The highest BCUT2D eigenvalue weighted by atomic mass is 16.3. The molecule has 1 N–H and O–H groups in total. The number of rotatable bonds is 2. The quantitative estimate of drug-likeness (QED) is 0.600. The zero-order valence-electron chi connectivity index (χ0n) is 6.92. The third kappa shape index (κ3) is 2.55. The molecule has 0 amide bonds. The maximum Gasteiger partial charge on any atom is 0.0568 e. The van der Waals surface area contributed by atoms with E-state index in [1.54, 1.807) is 0 Å². The molecular formula is C10H16O. The van der Waals surface area contributed by atoms with Crippen LogP contribution in [0.4, 0.5) is 0 Å². The van der Waals surface area contributed by atoms with Gasteiger partial charge in [0.25, 0.3) is 0 Å². The zero-order chi connectivity index (χ0) is 8.10. The second-order valence-corrected chi connectivity index (χ2v) is 3.35. The molecule has 62 valence electrons. The van der Waals surface area contributed by atoms with Crippen molar-refractivity contribution in [2.24, 2.45) is 5.92 Å². The van der Waals surface area contributed by atoms with E-state index >= 15 is 0 Å². The molecular weight excluding hydrogens is 136 g/mol. The minimum atomic E-state index is -0.0721. The van der Waals surface area contributed by atoms with E-state index in [-0.39, 0.29) is 6.10 Å². The lowest BCUT2D eigenvalue weighted by atomic mass is 9.84. The number of terminal acetylenes is 1. The molecule has 0 unspecified atom stereocenters. The summed E-state index contributed by atoms with van der Waals surface area (Å²) in [6, 6.07) is 0. The molecule has 1 nitrogen and oxygen atoms in total. The SMILES string of the molecule is C#CCC[C@H]1CCCC[C@H]1O. The number of aliphatic hydroxyl groups excluding tert-OH is 1. The van der Waals surface area contributed by atoms with Crippen molar-refractivity contribution < 1.29 is 5.11 Å². The van der Waals surface area contributed by atoms with Gasteiger partial charge in [-0.05, 0) is 25.2 Å². The van der Waals surface area contributed by atoms with Crippen LogP contribution >= 0.6 is 0 Å². The van der Waals surface area contributed by atoms with Crippen LogP contribution < -0.4 is 0 Å². The summed E-state index contributed by atoms with van der Waals surface area (Å²) in [5.74, 6) is 3.11. The van der Waals surface area contributed by atoms with E-state index in [4.69, 9.17) is 6.42 Å². The first-order chi connectivity index (χ1) is 5.34. The predicted molar refractivity (Wildman–Crippen MR) is 46.0 cm³/mol. The van der Waals surface area contributed by atoms with E-state index in [0.29, 0.717) is 5.92 Å². The van der Waals surface area contributed by atoms with Gasteiger partial charge < -0.3 is 5.11 Å². The Labute approximate surface area is 68.8 Å². The normalized spacial score (nSPS) is 31.3. The molecule has 1 rings (SSSR count). The van der Waals surface area contributed by atoms with E-state index in [0.717, 1.165) is 19.3 Å². The number of hydrogen-bond acceptors (Lipinski definition) is 1. The predicted octanol–water partition coefficient (Wildman–Crippen LogP) is 1.95. The van der Waals surface area contributed by atoms with Gasteiger partial charge in [0, 0.05) is 6.42 Å². The largest absolute Gasteiger partial charge is 0.393 e. The fourth-order valence-electron chi connectivity index (χ4n) is 1.79. The zero-order valence-corrected chi connectivity index (χ0v) is 6.92. The fourth-order valence-corrected chi connectivity index (χ4v) is 1.79.